The number of benzene rings is 1. The van der Waals surface area contributed by atoms with Gasteiger partial charge in [-0.05, 0) is 30.7 Å². The maximum atomic E-state index is 13.4. The van der Waals surface area contributed by atoms with Gasteiger partial charge in [0.1, 0.15) is 5.82 Å². The molecule has 0 unspecified atom stereocenters. The Kier molecular flexibility index (Phi) is 2.72. The summed E-state index contributed by atoms with van der Waals surface area (Å²) in [6, 6.07) is 7.73. The number of halogens is 1. The van der Waals surface area contributed by atoms with Crippen molar-refractivity contribution in [1.29, 1.82) is 0 Å². The van der Waals surface area contributed by atoms with Crippen LogP contribution in [-0.2, 0) is 0 Å². The van der Waals surface area contributed by atoms with E-state index in [0.717, 1.165) is 0 Å². The zero-order valence-corrected chi connectivity index (χ0v) is 8.66. The number of hydrogen-bond donors (Lipinski definition) is 1. The summed E-state index contributed by atoms with van der Waals surface area (Å²) in [4.78, 5) is 11.6. The predicted octanol–water partition coefficient (Wildman–Crippen LogP) is 2.98. The Hall–Kier alpha value is -2.10. The van der Waals surface area contributed by atoms with E-state index in [1.807, 2.05) is 0 Å². The second-order valence-corrected chi connectivity index (χ2v) is 3.36. The molecule has 0 saturated heterocycles. The lowest BCUT2D eigenvalue weighted by Crippen LogP contribution is -2.13. The molecule has 0 fully saturated rings. The van der Waals surface area contributed by atoms with Gasteiger partial charge in [-0.2, -0.15) is 0 Å². The van der Waals surface area contributed by atoms with Crippen molar-refractivity contribution in [2.24, 2.45) is 0 Å². The number of carbonyl (C=O) groups is 1. The molecule has 1 aromatic heterocycles. The average Bonchev–Trinajstić information content (AvgIpc) is 2.76. The second kappa shape index (κ2) is 4.18. The summed E-state index contributed by atoms with van der Waals surface area (Å²) < 4.78 is 18.3. The maximum absolute atomic E-state index is 13.4. The quantitative estimate of drug-likeness (QED) is 0.843. The average molecular weight is 219 g/mol. The van der Waals surface area contributed by atoms with Gasteiger partial charge in [-0.15, -0.1) is 0 Å². The second-order valence-electron chi connectivity index (χ2n) is 3.36. The van der Waals surface area contributed by atoms with Crippen LogP contribution in [0.1, 0.15) is 16.1 Å². The third kappa shape index (κ3) is 1.95. The van der Waals surface area contributed by atoms with Crippen LogP contribution in [0.2, 0.25) is 0 Å². The van der Waals surface area contributed by atoms with E-state index in [-0.39, 0.29) is 11.4 Å². The van der Waals surface area contributed by atoms with Gasteiger partial charge in [-0.25, -0.2) is 4.39 Å². The molecule has 1 heterocycles. The normalized spacial score (nSPS) is 10.1. The molecule has 0 spiro atoms. The van der Waals surface area contributed by atoms with E-state index in [9.17, 15) is 9.18 Å². The first kappa shape index (κ1) is 10.4. The van der Waals surface area contributed by atoms with Crippen molar-refractivity contribution in [2.75, 3.05) is 5.32 Å². The van der Waals surface area contributed by atoms with Crippen molar-refractivity contribution in [3.05, 3.63) is 53.7 Å². The van der Waals surface area contributed by atoms with Crippen molar-refractivity contribution in [3.8, 4) is 0 Å². The lowest BCUT2D eigenvalue weighted by Gasteiger charge is -2.07. The predicted molar refractivity (Wildman–Crippen MR) is 57.8 cm³/mol. The van der Waals surface area contributed by atoms with E-state index >= 15 is 0 Å². The van der Waals surface area contributed by atoms with Crippen LogP contribution in [0.5, 0.6) is 0 Å². The number of hydrogen-bond acceptors (Lipinski definition) is 2. The first-order chi connectivity index (χ1) is 7.68. The van der Waals surface area contributed by atoms with E-state index in [0.29, 0.717) is 5.56 Å². The fourth-order valence-corrected chi connectivity index (χ4v) is 1.37. The molecular weight excluding hydrogens is 209 g/mol. The van der Waals surface area contributed by atoms with Gasteiger partial charge in [0, 0.05) is 0 Å². The van der Waals surface area contributed by atoms with Crippen LogP contribution in [0.25, 0.3) is 0 Å². The maximum Gasteiger partial charge on any atom is 0.291 e. The van der Waals surface area contributed by atoms with Crippen LogP contribution in [0, 0.1) is 12.7 Å². The molecule has 0 radical (unpaired) electrons. The minimum atomic E-state index is -0.460. The van der Waals surface area contributed by atoms with Crippen LogP contribution in [-0.4, -0.2) is 5.91 Å². The number of rotatable bonds is 2. The van der Waals surface area contributed by atoms with Crippen LogP contribution >= 0.6 is 0 Å². The molecule has 1 aromatic carbocycles. The van der Waals surface area contributed by atoms with Gasteiger partial charge >= 0.3 is 0 Å². The highest BCUT2D eigenvalue weighted by atomic mass is 19.1. The fourth-order valence-electron chi connectivity index (χ4n) is 1.37. The summed E-state index contributed by atoms with van der Waals surface area (Å²) in [5, 5.41) is 2.47. The minimum Gasteiger partial charge on any atom is -0.459 e. The third-order valence-electron chi connectivity index (χ3n) is 2.21. The highest BCUT2D eigenvalue weighted by molar-refractivity contribution is 6.02. The smallest absolute Gasteiger partial charge is 0.291 e. The highest BCUT2D eigenvalue weighted by Crippen LogP contribution is 2.19. The number of furan rings is 1. The van der Waals surface area contributed by atoms with Crippen LogP contribution < -0.4 is 5.32 Å². The first-order valence-corrected chi connectivity index (χ1v) is 4.78. The molecular formula is C12H10FNO2. The summed E-state index contributed by atoms with van der Waals surface area (Å²) in [5.41, 5.74) is 0.851. The van der Waals surface area contributed by atoms with Crippen molar-refractivity contribution in [3.63, 3.8) is 0 Å². The molecule has 1 N–H and O–H groups in total. The van der Waals surface area contributed by atoms with Gasteiger partial charge in [-0.3, -0.25) is 4.79 Å². The zero-order valence-electron chi connectivity index (χ0n) is 8.66. The Labute approximate surface area is 91.9 Å². The number of nitrogens with one attached hydrogen (secondary N) is 1. The van der Waals surface area contributed by atoms with Crippen molar-refractivity contribution in [2.45, 2.75) is 6.92 Å². The Morgan fingerprint density at radius 2 is 2.12 bits per heavy atom. The molecule has 0 aliphatic carbocycles. The molecule has 2 rings (SSSR count). The van der Waals surface area contributed by atoms with Crippen molar-refractivity contribution < 1.29 is 13.6 Å². The molecule has 1 amide bonds. The van der Waals surface area contributed by atoms with Gasteiger partial charge < -0.3 is 9.73 Å². The monoisotopic (exact) mass is 219 g/mol. The largest absolute Gasteiger partial charge is 0.459 e. The molecule has 2 aromatic rings. The Balaban J connectivity index is 2.25. The topological polar surface area (TPSA) is 42.2 Å². The van der Waals surface area contributed by atoms with Crippen molar-refractivity contribution in [1.82, 2.24) is 0 Å². The van der Waals surface area contributed by atoms with Gasteiger partial charge in [-0.1, -0.05) is 12.1 Å². The molecule has 16 heavy (non-hydrogen) atoms. The summed E-state index contributed by atoms with van der Waals surface area (Å²) in [6.07, 6.45) is 1.39. The number of amides is 1. The van der Waals surface area contributed by atoms with Crippen molar-refractivity contribution >= 4 is 11.6 Å². The molecule has 3 nitrogen and oxygen atoms in total. The van der Waals surface area contributed by atoms with E-state index in [4.69, 9.17) is 4.42 Å². The Morgan fingerprint density at radius 3 is 2.75 bits per heavy atom. The Morgan fingerprint density at radius 1 is 1.31 bits per heavy atom. The first-order valence-electron chi connectivity index (χ1n) is 4.78. The standard InChI is InChI=1S/C12H10FNO2/c1-8-4-2-5-9(13)11(8)14-12(15)10-6-3-7-16-10/h2-7H,1H3,(H,14,15). The van der Waals surface area contributed by atoms with Crippen LogP contribution in [0.3, 0.4) is 0 Å². The van der Waals surface area contributed by atoms with Gasteiger partial charge in [0.25, 0.3) is 5.91 Å². The van der Waals surface area contributed by atoms with Gasteiger partial charge in [0.05, 0.1) is 12.0 Å². The zero-order chi connectivity index (χ0) is 11.5. The number of aryl methyl sites for hydroxylation is 1. The van der Waals surface area contributed by atoms with Crippen LogP contribution in [0.15, 0.2) is 41.0 Å². The van der Waals surface area contributed by atoms with E-state index in [1.54, 1.807) is 25.1 Å². The lowest BCUT2D eigenvalue weighted by atomic mass is 10.2. The third-order valence-corrected chi connectivity index (χ3v) is 2.21. The molecule has 0 atom stereocenters. The highest BCUT2D eigenvalue weighted by Gasteiger charge is 2.12. The summed E-state index contributed by atoms with van der Waals surface area (Å²) in [6.45, 7) is 1.72. The van der Waals surface area contributed by atoms with Crippen LogP contribution in [0.4, 0.5) is 10.1 Å². The number of carbonyl (C=O) groups excluding carboxylic acids is 1. The van der Waals surface area contributed by atoms with Gasteiger partial charge in [0.15, 0.2) is 5.76 Å². The molecule has 0 bridgehead atoms. The Bertz CT molecular complexity index is 485. The van der Waals surface area contributed by atoms with E-state index in [2.05, 4.69) is 5.32 Å². The van der Waals surface area contributed by atoms with E-state index < -0.39 is 11.7 Å². The van der Waals surface area contributed by atoms with E-state index in [1.165, 1.54) is 18.4 Å². The molecule has 82 valence electrons. The number of para-hydroxylation sites is 1. The summed E-state index contributed by atoms with van der Waals surface area (Å²) in [7, 11) is 0. The molecule has 0 aliphatic heterocycles. The minimum absolute atomic E-state index is 0.155. The summed E-state index contributed by atoms with van der Waals surface area (Å²) in [5.74, 6) is -0.763. The SMILES string of the molecule is Cc1cccc(F)c1NC(=O)c1ccco1. The molecule has 4 heteroatoms. The summed E-state index contributed by atoms with van der Waals surface area (Å²) >= 11 is 0. The molecule has 0 aliphatic rings. The fraction of sp³-hybridized carbons (Fsp3) is 0.0833. The number of anilines is 1. The molecule has 0 saturated carbocycles. The lowest BCUT2D eigenvalue weighted by molar-refractivity contribution is 0.0996. The van der Waals surface area contributed by atoms with Gasteiger partial charge in [0.2, 0.25) is 0 Å².